The Hall–Kier alpha value is -2.33. The number of aromatic nitrogens is 2. The molecule has 1 aromatic heterocycles. The van der Waals surface area contributed by atoms with Gasteiger partial charge in [0.2, 0.25) is 0 Å². The summed E-state index contributed by atoms with van der Waals surface area (Å²) in [5.74, 6) is 0.107. The number of hydrogen-bond donors (Lipinski definition) is 1. The first-order valence-electron chi connectivity index (χ1n) is 11.2. The lowest BCUT2D eigenvalue weighted by molar-refractivity contribution is -0.000596. The average Bonchev–Trinajstić information content (AvgIpc) is 3.22. The van der Waals surface area contributed by atoms with Crippen molar-refractivity contribution in [1.82, 2.24) is 9.78 Å². The minimum atomic E-state index is -1.16. The van der Waals surface area contributed by atoms with Gasteiger partial charge in [0.15, 0.2) is 0 Å². The Morgan fingerprint density at radius 2 is 1.56 bits per heavy atom. The fourth-order valence-corrected chi connectivity index (χ4v) is 5.62. The SMILES string of the molecule is Cc1ccc(-n2ncc3cc(C(O)(c4cc(Cl)cc(Cl)c4)C4CCCCC4)ccc32)cc1. The molecule has 1 saturated carbocycles. The molecule has 0 bridgehead atoms. The summed E-state index contributed by atoms with van der Waals surface area (Å²) in [4.78, 5) is 0. The van der Waals surface area contributed by atoms with Gasteiger partial charge < -0.3 is 5.11 Å². The fraction of sp³-hybridized carbons (Fsp3) is 0.296. The van der Waals surface area contributed by atoms with Gasteiger partial charge >= 0.3 is 0 Å². The Balaban J connectivity index is 1.64. The van der Waals surface area contributed by atoms with E-state index in [1.807, 2.05) is 29.1 Å². The van der Waals surface area contributed by atoms with Crippen LogP contribution in [0.25, 0.3) is 16.6 Å². The number of rotatable bonds is 4. The number of aryl methyl sites for hydroxylation is 1. The van der Waals surface area contributed by atoms with Crippen molar-refractivity contribution < 1.29 is 5.11 Å². The van der Waals surface area contributed by atoms with Crippen molar-refractivity contribution in [2.24, 2.45) is 5.92 Å². The normalized spacial score (nSPS) is 16.9. The highest BCUT2D eigenvalue weighted by Crippen LogP contribution is 2.45. The molecular weight excluding hydrogens is 439 g/mol. The van der Waals surface area contributed by atoms with E-state index in [0.717, 1.165) is 53.4 Å². The highest BCUT2D eigenvalue weighted by atomic mass is 35.5. The second-order valence-corrected chi connectivity index (χ2v) is 9.80. The molecule has 5 rings (SSSR count). The van der Waals surface area contributed by atoms with Gasteiger partial charge in [-0.1, -0.05) is 66.2 Å². The van der Waals surface area contributed by atoms with Crippen molar-refractivity contribution in [2.45, 2.75) is 44.6 Å². The summed E-state index contributed by atoms with van der Waals surface area (Å²) in [6, 6.07) is 19.9. The van der Waals surface area contributed by atoms with Crippen LogP contribution in [0.3, 0.4) is 0 Å². The topological polar surface area (TPSA) is 38.0 Å². The predicted molar refractivity (Wildman–Crippen MR) is 132 cm³/mol. The third-order valence-electron chi connectivity index (χ3n) is 6.79. The number of nitrogens with zero attached hydrogens (tertiary/aromatic N) is 2. The van der Waals surface area contributed by atoms with Crippen molar-refractivity contribution in [3.8, 4) is 5.69 Å². The quantitative estimate of drug-likeness (QED) is 0.340. The maximum atomic E-state index is 12.3. The Labute approximate surface area is 198 Å². The van der Waals surface area contributed by atoms with Gasteiger partial charge in [0.1, 0.15) is 5.60 Å². The first-order chi connectivity index (χ1) is 15.4. The monoisotopic (exact) mass is 464 g/mol. The lowest BCUT2D eigenvalue weighted by atomic mass is 9.70. The molecule has 0 radical (unpaired) electrons. The van der Waals surface area contributed by atoms with Gasteiger partial charge in [-0.3, -0.25) is 0 Å². The van der Waals surface area contributed by atoms with Gasteiger partial charge in [-0.15, -0.1) is 0 Å². The average molecular weight is 465 g/mol. The molecule has 0 amide bonds. The Bertz CT molecular complexity index is 1240. The summed E-state index contributed by atoms with van der Waals surface area (Å²) in [5.41, 5.74) is 3.70. The van der Waals surface area contributed by atoms with Crippen LogP contribution in [0.15, 0.2) is 66.9 Å². The second kappa shape index (κ2) is 8.55. The second-order valence-electron chi connectivity index (χ2n) is 8.92. The summed E-state index contributed by atoms with van der Waals surface area (Å²) in [5, 5.41) is 19.0. The van der Waals surface area contributed by atoms with Crippen LogP contribution in [0, 0.1) is 12.8 Å². The Morgan fingerprint density at radius 3 is 2.25 bits per heavy atom. The van der Waals surface area contributed by atoms with E-state index in [9.17, 15) is 5.11 Å². The van der Waals surface area contributed by atoms with Crippen molar-refractivity contribution in [2.75, 3.05) is 0 Å². The summed E-state index contributed by atoms with van der Waals surface area (Å²) in [6.07, 6.45) is 7.27. The molecule has 4 aromatic rings. The molecule has 3 aromatic carbocycles. The van der Waals surface area contributed by atoms with Crippen LogP contribution in [0.5, 0.6) is 0 Å². The van der Waals surface area contributed by atoms with Gasteiger partial charge in [-0.05, 0) is 79.3 Å². The molecule has 5 heteroatoms. The third-order valence-corrected chi connectivity index (χ3v) is 7.22. The van der Waals surface area contributed by atoms with E-state index in [-0.39, 0.29) is 5.92 Å². The van der Waals surface area contributed by atoms with Crippen molar-refractivity contribution in [3.05, 3.63) is 93.6 Å². The number of hydrogen-bond acceptors (Lipinski definition) is 2. The molecule has 1 N–H and O–H groups in total. The van der Waals surface area contributed by atoms with E-state index >= 15 is 0 Å². The molecular formula is C27H26Cl2N2O. The zero-order valence-corrected chi connectivity index (χ0v) is 19.6. The predicted octanol–water partition coefficient (Wildman–Crippen LogP) is 7.46. The van der Waals surface area contributed by atoms with Gasteiger partial charge in [0.25, 0.3) is 0 Å². The molecule has 0 aliphatic heterocycles. The zero-order chi connectivity index (χ0) is 22.3. The molecule has 32 heavy (non-hydrogen) atoms. The maximum Gasteiger partial charge on any atom is 0.118 e. The molecule has 0 spiro atoms. The van der Waals surface area contributed by atoms with Gasteiger partial charge in [-0.2, -0.15) is 5.10 Å². The largest absolute Gasteiger partial charge is 0.380 e. The highest BCUT2D eigenvalue weighted by Gasteiger charge is 2.41. The molecule has 1 fully saturated rings. The molecule has 3 nitrogen and oxygen atoms in total. The van der Waals surface area contributed by atoms with Crippen LogP contribution in [0.2, 0.25) is 10.0 Å². The lowest BCUT2D eigenvalue weighted by Crippen LogP contribution is -2.37. The first-order valence-corrected chi connectivity index (χ1v) is 11.9. The fourth-order valence-electron chi connectivity index (χ4n) is 5.09. The first kappa shape index (κ1) is 21.5. The molecule has 1 heterocycles. The number of benzene rings is 3. The van der Waals surface area contributed by atoms with E-state index < -0.39 is 5.60 Å². The standard InChI is InChI=1S/C27H26Cl2N2O/c1-18-7-10-25(11-8-18)31-26-12-9-21(13-19(26)17-30-31)27(32,20-5-3-2-4-6-20)22-14-23(28)16-24(29)15-22/h7-17,20,32H,2-6H2,1H3. The van der Waals surface area contributed by atoms with Crippen molar-refractivity contribution in [1.29, 1.82) is 0 Å². The number of fused-ring (bicyclic) bond motifs is 1. The number of aliphatic hydroxyl groups is 1. The van der Waals surface area contributed by atoms with Crippen LogP contribution >= 0.6 is 23.2 Å². The van der Waals surface area contributed by atoms with E-state index in [4.69, 9.17) is 23.2 Å². The van der Waals surface area contributed by atoms with Crippen molar-refractivity contribution in [3.63, 3.8) is 0 Å². The smallest absolute Gasteiger partial charge is 0.118 e. The summed E-state index contributed by atoms with van der Waals surface area (Å²) in [7, 11) is 0. The Morgan fingerprint density at radius 1 is 0.875 bits per heavy atom. The van der Waals surface area contributed by atoms with Crippen LogP contribution in [-0.2, 0) is 5.60 Å². The molecule has 1 atom stereocenters. The van der Waals surface area contributed by atoms with Crippen molar-refractivity contribution >= 4 is 34.1 Å². The van der Waals surface area contributed by atoms with E-state index in [1.54, 1.807) is 6.07 Å². The van der Waals surface area contributed by atoms with Crippen LogP contribution in [-0.4, -0.2) is 14.9 Å². The molecule has 1 unspecified atom stereocenters. The minimum absolute atomic E-state index is 0.107. The third kappa shape index (κ3) is 3.83. The van der Waals surface area contributed by atoms with E-state index in [1.165, 1.54) is 12.0 Å². The van der Waals surface area contributed by atoms with Crippen LogP contribution in [0.4, 0.5) is 0 Å². The van der Waals surface area contributed by atoms with Gasteiger partial charge in [0.05, 0.1) is 17.4 Å². The molecule has 0 saturated heterocycles. The zero-order valence-electron chi connectivity index (χ0n) is 18.1. The molecule has 164 valence electrons. The Kier molecular flexibility index (Phi) is 5.75. The maximum absolute atomic E-state index is 12.3. The van der Waals surface area contributed by atoms with E-state index in [0.29, 0.717) is 10.0 Å². The minimum Gasteiger partial charge on any atom is -0.380 e. The summed E-state index contributed by atoms with van der Waals surface area (Å²) >= 11 is 12.7. The molecule has 1 aliphatic rings. The lowest BCUT2D eigenvalue weighted by Gasteiger charge is -2.39. The highest BCUT2D eigenvalue weighted by molar-refractivity contribution is 6.34. The summed E-state index contributed by atoms with van der Waals surface area (Å²) in [6.45, 7) is 2.07. The summed E-state index contributed by atoms with van der Waals surface area (Å²) < 4.78 is 1.94. The van der Waals surface area contributed by atoms with Gasteiger partial charge in [-0.25, -0.2) is 4.68 Å². The van der Waals surface area contributed by atoms with Crippen LogP contribution in [0.1, 0.15) is 48.8 Å². The number of halogens is 2. The van der Waals surface area contributed by atoms with E-state index in [2.05, 4.69) is 48.4 Å². The van der Waals surface area contributed by atoms with Gasteiger partial charge in [0, 0.05) is 15.4 Å². The van der Waals surface area contributed by atoms with Crippen LogP contribution < -0.4 is 0 Å². The molecule has 1 aliphatic carbocycles.